The van der Waals surface area contributed by atoms with Crippen molar-refractivity contribution in [1.29, 1.82) is 0 Å². The van der Waals surface area contributed by atoms with Crippen LogP contribution in [0.4, 0.5) is 5.69 Å². The molecule has 106 valence electrons. The van der Waals surface area contributed by atoms with Crippen LogP contribution < -0.4 is 14.8 Å². The van der Waals surface area contributed by atoms with Crippen molar-refractivity contribution >= 4 is 16.6 Å². The van der Waals surface area contributed by atoms with Crippen molar-refractivity contribution in [2.45, 2.75) is 6.54 Å². The van der Waals surface area contributed by atoms with Crippen molar-refractivity contribution in [3.8, 4) is 11.5 Å². The molecule has 0 bridgehead atoms. The predicted molar refractivity (Wildman–Crippen MR) is 83.1 cm³/mol. The van der Waals surface area contributed by atoms with Crippen LogP contribution in [0, 0.1) is 0 Å². The highest BCUT2D eigenvalue weighted by Crippen LogP contribution is 2.32. The van der Waals surface area contributed by atoms with Gasteiger partial charge in [0, 0.05) is 35.4 Å². The van der Waals surface area contributed by atoms with Gasteiger partial charge < -0.3 is 19.8 Å². The largest absolute Gasteiger partial charge is 0.486 e. The summed E-state index contributed by atoms with van der Waals surface area (Å²) in [6.07, 6.45) is 1.97. The van der Waals surface area contributed by atoms with E-state index in [-0.39, 0.29) is 0 Å². The molecule has 2 heterocycles. The molecule has 0 amide bonds. The summed E-state index contributed by atoms with van der Waals surface area (Å²) in [5.74, 6) is 1.63. The molecule has 4 nitrogen and oxygen atoms in total. The number of hydrogen-bond acceptors (Lipinski definition) is 3. The molecule has 3 aromatic rings. The molecule has 0 spiro atoms. The number of aromatic nitrogens is 1. The number of rotatable bonds is 3. The lowest BCUT2D eigenvalue weighted by atomic mass is 10.1. The summed E-state index contributed by atoms with van der Waals surface area (Å²) >= 11 is 0. The number of anilines is 1. The zero-order valence-corrected chi connectivity index (χ0v) is 11.6. The molecule has 4 rings (SSSR count). The van der Waals surface area contributed by atoms with E-state index in [0.717, 1.165) is 29.2 Å². The average Bonchev–Trinajstić information content (AvgIpc) is 3.02. The van der Waals surface area contributed by atoms with E-state index < -0.39 is 0 Å². The van der Waals surface area contributed by atoms with Crippen LogP contribution >= 0.6 is 0 Å². The lowest BCUT2D eigenvalue weighted by Gasteiger charge is -2.19. The lowest BCUT2D eigenvalue weighted by molar-refractivity contribution is 0.171. The average molecular weight is 280 g/mol. The summed E-state index contributed by atoms with van der Waals surface area (Å²) in [5, 5.41) is 4.70. The van der Waals surface area contributed by atoms with Crippen LogP contribution in [-0.2, 0) is 6.54 Å². The minimum absolute atomic E-state index is 0.610. The van der Waals surface area contributed by atoms with Crippen molar-refractivity contribution < 1.29 is 9.47 Å². The standard InChI is InChI=1S/C17H16N2O2/c1-2-12(14-6-7-18-15(14)3-1)11-19-13-4-5-16-17(10-13)21-9-8-20-16/h1-7,10,18-19H,8-9,11H2. The first-order chi connectivity index (χ1) is 10.4. The molecule has 0 fully saturated rings. The van der Waals surface area contributed by atoms with Gasteiger partial charge in [0.15, 0.2) is 11.5 Å². The molecule has 21 heavy (non-hydrogen) atoms. The molecule has 0 saturated carbocycles. The number of hydrogen-bond donors (Lipinski definition) is 2. The van der Waals surface area contributed by atoms with E-state index in [1.807, 2.05) is 24.4 Å². The molecular weight excluding hydrogens is 264 g/mol. The van der Waals surface area contributed by atoms with E-state index in [4.69, 9.17) is 9.47 Å². The molecule has 1 aliphatic rings. The molecule has 1 aliphatic heterocycles. The van der Waals surface area contributed by atoms with Gasteiger partial charge in [-0.25, -0.2) is 0 Å². The lowest BCUT2D eigenvalue weighted by Crippen LogP contribution is -2.15. The van der Waals surface area contributed by atoms with Crippen molar-refractivity contribution in [2.24, 2.45) is 0 Å². The van der Waals surface area contributed by atoms with Crippen molar-refractivity contribution in [1.82, 2.24) is 4.98 Å². The molecule has 0 atom stereocenters. The predicted octanol–water partition coefficient (Wildman–Crippen LogP) is 3.55. The quantitative estimate of drug-likeness (QED) is 0.771. The number of aromatic amines is 1. The summed E-state index contributed by atoms with van der Waals surface area (Å²) in [6.45, 7) is 2.00. The third-order valence-corrected chi connectivity index (χ3v) is 3.71. The molecule has 2 N–H and O–H groups in total. The van der Waals surface area contributed by atoms with Gasteiger partial charge in [-0.05, 0) is 29.8 Å². The molecule has 0 unspecified atom stereocenters. The van der Waals surface area contributed by atoms with Crippen LogP contribution in [0.2, 0.25) is 0 Å². The second kappa shape index (κ2) is 5.05. The third kappa shape index (κ3) is 2.29. The van der Waals surface area contributed by atoms with Gasteiger partial charge in [-0.2, -0.15) is 0 Å². The summed E-state index contributed by atoms with van der Waals surface area (Å²) < 4.78 is 11.1. The summed E-state index contributed by atoms with van der Waals surface area (Å²) in [6, 6.07) is 14.4. The molecule has 0 radical (unpaired) electrons. The van der Waals surface area contributed by atoms with Gasteiger partial charge in [-0.15, -0.1) is 0 Å². The van der Waals surface area contributed by atoms with Gasteiger partial charge in [0.2, 0.25) is 0 Å². The highest BCUT2D eigenvalue weighted by molar-refractivity contribution is 5.83. The number of nitrogens with one attached hydrogen (secondary N) is 2. The van der Waals surface area contributed by atoms with E-state index in [1.165, 1.54) is 10.9 Å². The Labute approximate surface area is 122 Å². The maximum atomic E-state index is 5.60. The van der Waals surface area contributed by atoms with Crippen LogP contribution in [0.1, 0.15) is 5.56 Å². The number of benzene rings is 2. The summed E-state index contributed by atoms with van der Waals surface area (Å²) in [5.41, 5.74) is 3.46. The van der Waals surface area contributed by atoms with Crippen LogP contribution in [-0.4, -0.2) is 18.2 Å². The van der Waals surface area contributed by atoms with Gasteiger partial charge >= 0.3 is 0 Å². The smallest absolute Gasteiger partial charge is 0.163 e. The van der Waals surface area contributed by atoms with E-state index >= 15 is 0 Å². The second-order valence-electron chi connectivity index (χ2n) is 5.07. The summed E-state index contributed by atoms with van der Waals surface area (Å²) in [7, 11) is 0. The monoisotopic (exact) mass is 280 g/mol. The van der Waals surface area contributed by atoms with Gasteiger partial charge in [0.1, 0.15) is 13.2 Å². The highest BCUT2D eigenvalue weighted by atomic mass is 16.6. The Morgan fingerprint density at radius 2 is 1.90 bits per heavy atom. The second-order valence-corrected chi connectivity index (χ2v) is 5.07. The molecule has 0 saturated heterocycles. The van der Waals surface area contributed by atoms with E-state index in [0.29, 0.717) is 13.2 Å². The first-order valence-electron chi connectivity index (χ1n) is 7.09. The first-order valence-corrected chi connectivity index (χ1v) is 7.09. The minimum atomic E-state index is 0.610. The van der Waals surface area contributed by atoms with Gasteiger partial charge in [-0.1, -0.05) is 12.1 Å². The van der Waals surface area contributed by atoms with Crippen molar-refractivity contribution in [2.75, 3.05) is 18.5 Å². The van der Waals surface area contributed by atoms with Crippen molar-refractivity contribution in [3.05, 3.63) is 54.2 Å². The summed E-state index contributed by atoms with van der Waals surface area (Å²) in [4.78, 5) is 3.23. The maximum absolute atomic E-state index is 5.60. The first kappa shape index (κ1) is 12.1. The normalized spacial score (nSPS) is 13.3. The minimum Gasteiger partial charge on any atom is -0.486 e. The molecule has 4 heteroatoms. The molecular formula is C17H16N2O2. The van der Waals surface area contributed by atoms with E-state index in [9.17, 15) is 0 Å². The topological polar surface area (TPSA) is 46.3 Å². The van der Waals surface area contributed by atoms with Crippen LogP contribution in [0.25, 0.3) is 10.9 Å². The van der Waals surface area contributed by atoms with Crippen molar-refractivity contribution in [3.63, 3.8) is 0 Å². The maximum Gasteiger partial charge on any atom is 0.163 e. The van der Waals surface area contributed by atoms with Gasteiger partial charge in [0.05, 0.1) is 0 Å². The van der Waals surface area contributed by atoms with Gasteiger partial charge in [0.25, 0.3) is 0 Å². The van der Waals surface area contributed by atoms with Crippen LogP contribution in [0.5, 0.6) is 11.5 Å². The Bertz CT molecular complexity index is 779. The van der Waals surface area contributed by atoms with Crippen LogP contribution in [0.15, 0.2) is 48.7 Å². The fraction of sp³-hybridized carbons (Fsp3) is 0.176. The van der Waals surface area contributed by atoms with E-state index in [2.05, 4.69) is 34.6 Å². The molecule has 1 aromatic heterocycles. The number of fused-ring (bicyclic) bond motifs is 2. The number of H-pyrrole nitrogens is 1. The zero-order chi connectivity index (χ0) is 14.1. The molecule has 0 aliphatic carbocycles. The van der Waals surface area contributed by atoms with Gasteiger partial charge in [-0.3, -0.25) is 0 Å². The fourth-order valence-electron chi connectivity index (χ4n) is 2.66. The number of ether oxygens (including phenoxy) is 2. The molecule has 2 aromatic carbocycles. The Hall–Kier alpha value is -2.62. The fourth-order valence-corrected chi connectivity index (χ4v) is 2.66. The Kier molecular flexibility index (Phi) is 2.92. The highest BCUT2D eigenvalue weighted by Gasteiger charge is 2.11. The van der Waals surface area contributed by atoms with E-state index in [1.54, 1.807) is 0 Å². The van der Waals surface area contributed by atoms with Crippen LogP contribution in [0.3, 0.4) is 0 Å². The zero-order valence-electron chi connectivity index (χ0n) is 11.6. The Morgan fingerprint density at radius 1 is 1.00 bits per heavy atom. The third-order valence-electron chi connectivity index (χ3n) is 3.71. The SMILES string of the molecule is c1cc(CNc2ccc3c(c2)OCCO3)c2cc[nH]c2c1. The Morgan fingerprint density at radius 3 is 2.86 bits per heavy atom. The Balaban J connectivity index is 1.55.